The van der Waals surface area contributed by atoms with Crippen molar-refractivity contribution >= 4 is 21.6 Å². The molecule has 2 rings (SSSR count). The second-order valence-corrected chi connectivity index (χ2v) is 8.00. The van der Waals surface area contributed by atoms with Crippen LogP contribution in [0.15, 0.2) is 23.1 Å². The average Bonchev–Trinajstić information content (AvgIpc) is 2.46. The van der Waals surface area contributed by atoms with Gasteiger partial charge in [0.25, 0.3) is 0 Å². The molecule has 1 aromatic carbocycles. The minimum absolute atomic E-state index is 0.0779. The first-order chi connectivity index (χ1) is 10.5. The van der Waals surface area contributed by atoms with Gasteiger partial charge >= 0.3 is 6.18 Å². The minimum Gasteiger partial charge on any atom is -0.328 e. The Morgan fingerprint density at radius 1 is 1.30 bits per heavy atom. The Labute approximate surface area is 138 Å². The Morgan fingerprint density at radius 3 is 2.35 bits per heavy atom. The van der Waals surface area contributed by atoms with E-state index in [0.717, 1.165) is 22.5 Å². The molecule has 1 atom stereocenters. The third kappa shape index (κ3) is 3.81. The van der Waals surface area contributed by atoms with Crippen molar-refractivity contribution in [3.05, 3.63) is 28.8 Å². The van der Waals surface area contributed by atoms with Crippen molar-refractivity contribution in [2.75, 3.05) is 13.1 Å². The maximum Gasteiger partial charge on any atom is 0.417 e. The van der Waals surface area contributed by atoms with Crippen LogP contribution in [-0.4, -0.2) is 31.9 Å². The van der Waals surface area contributed by atoms with Crippen LogP contribution in [0.25, 0.3) is 0 Å². The van der Waals surface area contributed by atoms with Crippen LogP contribution >= 0.6 is 11.6 Å². The highest BCUT2D eigenvalue weighted by Gasteiger charge is 2.41. The van der Waals surface area contributed by atoms with Crippen LogP contribution in [0.3, 0.4) is 0 Å². The summed E-state index contributed by atoms with van der Waals surface area (Å²) in [5.74, 6) is 0.162. The number of hydrogen-bond acceptors (Lipinski definition) is 3. The summed E-state index contributed by atoms with van der Waals surface area (Å²) >= 11 is 5.79. The van der Waals surface area contributed by atoms with Crippen molar-refractivity contribution in [2.24, 2.45) is 11.7 Å². The van der Waals surface area contributed by atoms with Gasteiger partial charge < -0.3 is 5.73 Å². The number of sulfonamides is 1. The molecule has 130 valence electrons. The van der Waals surface area contributed by atoms with Gasteiger partial charge in [-0.25, -0.2) is 8.42 Å². The molecule has 9 heteroatoms. The van der Waals surface area contributed by atoms with Crippen molar-refractivity contribution in [2.45, 2.75) is 36.9 Å². The number of alkyl halides is 3. The number of rotatable bonds is 3. The largest absolute Gasteiger partial charge is 0.417 e. The van der Waals surface area contributed by atoms with Crippen LogP contribution in [-0.2, 0) is 16.2 Å². The normalized spacial score (nSPS) is 19.7. The maximum atomic E-state index is 13.1. The predicted molar refractivity (Wildman–Crippen MR) is 81.6 cm³/mol. The molecule has 23 heavy (non-hydrogen) atoms. The lowest BCUT2D eigenvalue weighted by Gasteiger charge is -2.33. The molecule has 1 heterocycles. The van der Waals surface area contributed by atoms with Gasteiger partial charge in [-0.2, -0.15) is 17.5 Å². The highest BCUT2D eigenvalue weighted by atomic mass is 35.5. The van der Waals surface area contributed by atoms with Gasteiger partial charge in [0.05, 0.1) is 10.6 Å². The standard InChI is InChI=1S/C14H18ClF3N2O2S/c1-9(19)10-5-7-20(8-6-10)23(21,22)13-11(14(16,17)18)3-2-4-12(13)15/h2-4,9-10H,5-8,19H2,1H3. The molecule has 0 bridgehead atoms. The molecule has 1 aromatic rings. The second kappa shape index (κ2) is 6.58. The Bertz CT molecular complexity index is 669. The molecule has 1 saturated heterocycles. The topological polar surface area (TPSA) is 63.4 Å². The van der Waals surface area contributed by atoms with Crippen LogP contribution in [0.1, 0.15) is 25.3 Å². The zero-order valence-electron chi connectivity index (χ0n) is 12.5. The van der Waals surface area contributed by atoms with Crippen LogP contribution < -0.4 is 5.73 Å². The minimum atomic E-state index is -4.79. The summed E-state index contributed by atoms with van der Waals surface area (Å²) in [6.07, 6.45) is -3.76. The molecular weight excluding hydrogens is 353 g/mol. The van der Waals surface area contributed by atoms with Crippen molar-refractivity contribution < 1.29 is 21.6 Å². The van der Waals surface area contributed by atoms with Crippen molar-refractivity contribution in [3.63, 3.8) is 0 Å². The number of piperidine rings is 1. The van der Waals surface area contributed by atoms with Gasteiger partial charge in [-0.1, -0.05) is 17.7 Å². The molecule has 0 aromatic heterocycles. The summed E-state index contributed by atoms with van der Waals surface area (Å²) in [6.45, 7) is 2.11. The lowest BCUT2D eigenvalue weighted by atomic mass is 9.92. The Balaban J connectivity index is 2.39. The summed E-state index contributed by atoms with van der Waals surface area (Å²) in [6, 6.07) is 2.89. The zero-order valence-corrected chi connectivity index (χ0v) is 14.0. The van der Waals surface area contributed by atoms with E-state index in [0.29, 0.717) is 12.8 Å². The second-order valence-electron chi connectivity index (χ2n) is 5.71. The van der Waals surface area contributed by atoms with Gasteiger partial charge in [0.2, 0.25) is 10.0 Å². The van der Waals surface area contributed by atoms with Gasteiger partial charge in [0.1, 0.15) is 4.90 Å². The first kappa shape index (κ1) is 18.5. The third-order valence-corrected chi connectivity index (χ3v) is 6.54. The van der Waals surface area contributed by atoms with Gasteiger partial charge in [0, 0.05) is 19.1 Å². The van der Waals surface area contributed by atoms with Crippen LogP contribution in [0.2, 0.25) is 5.02 Å². The molecule has 0 saturated carbocycles. The first-order valence-corrected chi connectivity index (χ1v) is 8.98. The number of nitrogens with two attached hydrogens (primary N) is 1. The van der Waals surface area contributed by atoms with Crippen molar-refractivity contribution in [3.8, 4) is 0 Å². The van der Waals surface area contributed by atoms with Gasteiger partial charge in [-0.05, 0) is 37.8 Å². The SMILES string of the molecule is CC(N)C1CCN(S(=O)(=O)c2c(Cl)cccc2C(F)(F)F)CC1. The Hall–Kier alpha value is -0.830. The molecule has 4 nitrogen and oxygen atoms in total. The summed E-state index contributed by atoms with van der Waals surface area (Å²) in [5.41, 5.74) is 4.56. The Kier molecular flexibility index (Phi) is 5.30. The highest BCUT2D eigenvalue weighted by molar-refractivity contribution is 7.89. The van der Waals surface area contributed by atoms with Crippen LogP contribution in [0, 0.1) is 5.92 Å². The van der Waals surface area contributed by atoms with E-state index in [2.05, 4.69) is 0 Å². The number of benzene rings is 1. The van der Waals surface area contributed by atoms with Crippen molar-refractivity contribution in [1.29, 1.82) is 0 Å². The molecule has 2 N–H and O–H groups in total. The van der Waals surface area contributed by atoms with Gasteiger partial charge in [-0.15, -0.1) is 0 Å². The number of halogens is 4. The van der Waals surface area contributed by atoms with E-state index in [9.17, 15) is 21.6 Å². The molecule has 0 aliphatic carbocycles. The van der Waals surface area contributed by atoms with E-state index in [1.165, 1.54) is 0 Å². The smallest absolute Gasteiger partial charge is 0.328 e. The van der Waals surface area contributed by atoms with E-state index in [1.54, 1.807) is 0 Å². The van der Waals surface area contributed by atoms with Gasteiger partial charge in [-0.3, -0.25) is 0 Å². The fourth-order valence-electron chi connectivity index (χ4n) is 2.77. The van der Waals surface area contributed by atoms with E-state index in [1.807, 2.05) is 6.92 Å². The number of hydrogen-bond donors (Lipinski definition) is 1. The lowest BCUT2D eigenvalue weighted by Crippen LogP contribution is -2.43. The maximum absolute atomic E-state index is 13.1. The van der Waals surface area contributed by atoms with E-state index < -0.39 is 31.7 Å². The van der Waals surface area contributed by atoms with E-state index in [-0.39, 0.29) is 25.0 Å². The monoisotopic (exact) mass is 370 g/mol. The Morgan fingerprint density at radius 2 is 1.87 bits per heavy atom. The molecule has 1 aliphatic rings. The molecule has 0 amide bonds. The van der Waals surface area contributed by atoms with Crippen LogP contribution in [0.5, 0.6) is 0 Å². The highest BCUT2D eigenvalue weighted by Crippen LogP contribution is 2.39. The fourth-order valence-corrected chi connectivity index (χ4v) is 4.96. The van der Waals surface area contributed by atoms with E-state index in [4.69, 9.17) is 17.3 Å². The summed E-state index contributed by atoms with van der Waals surface area (Å²) < 4.78 is 65.8. The predicted octanol–water partition coefficient (Wildman–Crippen LogP) is 3.11. The molecular formula is C14H18ClF3N2O2S. The third-order valence-electron chi connectivity index (χ3n) is 4.11. The molecule has 1 fully saturated rings. The fraction of sp³-hybridized carbons (Fsp3) is 0.571. The summed E-state index contributed by atoms with van der Waals surface area (Å²) in [5, 5.41) is -0.422. The van der Waals surface area contributed by atoms with Gasteiger partial charge in [0.15, 0.2) is 0 Å². The summed E-state index contributed by atoms with van der Waals surface area (Å²) in [7, 11) is -4.32. The summed E-state index contributed by atoms with van der Waals surface area (Å²) in [4.78, 5) is -0.867. The quantitative estimate of drug-likeness (QED) is 0.889. The molecule has 1 aliphatic heterocycles. The lowest BCUT2D eigenvalue weighted by molar-refractivity contribution is -0.139. The molecule has 0 radical (unpaired) electrons. The number of nitrogens with zero attached hydrogens (tertiary/aromatic N) is 1. The first-order valence-electron chi connectivity index (χ1n) is 7.16. The van der Waals surface area contributed by atoms with E-state index >= 15 is 0 Å². The molecule has 1 unspecified atom stereocenters. The average molecular weight is 371 g/mol. The zero-order chi connectivity index (χ0) is 17.4. The molecule has 0 spiro atoms. The van der Waals surface area contributed by atoms with Crippen LogP contribution in [0.4, 0.5) is 13.2 Å². The van der Waals surface area contributed by atoms with Crippen molar-refractivity contribution in [1.82, 2.24) is 4.31 Å².